The van der Waals surface area contributed by atoms with Gasteiger partial charge in [0.15, 0.2) is 0 Å². The summed E-state index contributed by atoms with van der Waals surface area (Å²) in [7, 11) is 1.50. The lowest BCUT2D eigenvalue weighted by molar-refractivity contribution is 0.0259. The third-order valence-electron chi connectivity index (χ3n) is 4.93. The Morgan fingerprint density at radius 1 is 1.33 bits per heavy atom. The number of nitrogens with zero attached hydrogens (tertiary/aromatic N) is 8. The summed E-state index contributed by atoms with van der Waals surface area (Å²) in [6.07, 6.45) is 0.862. The molecule has 30 heavy (non-hydrogen) atoms. The van der Waals surface area contributed by atoms with Crippen LogP contribution in [0.3, 0.4) is 0 Å². The number of aliphatic hydroxyl groups is 1. The first kappa shape index (κ1) is 20.0. The summed E-state index contributed by atoms with van der Waals surface area (Å²) in [5, 5.41) is 14.8. The first-order valence-corrected chi connectivity index (χ1v) is 9.28. The number of alkyl halides is 2. The highest BCUT2D eigenvalue weighted by Gasteiger charge is 2.39. The third-order valence-corrected chi connectivity index (χ3v) is 4.93. The van der Waals surface area contributed by atoms with Crippen molar-refractivity contribution in [2.24, 2.45) is 0 Å². The van der Waals surface area contributed by atoms with Crippen molar-refractivity contribution in [2.45, 2.75) is 25.4 Å². The Labute approximate surface area is 170 Å². The lowest BCUT2D eigenvalue weighted by atomic mass is 10.0. The quantitative estimate of drug-likeness (QED) is 0.650. The van der Waals surface area contributed by atoms with Gasteiger partial charge in [0.2, 0.25) is 11.8 Å². The summed E-state index contributed by atoms with van der Waals surface area (Å²) in [5.41, 5.74) is -1.22. The number of hydrogen-bond acceptors (Lipinski definition) is 8. The van der Waals surface area contributed by atoms with E-state index in [4.69, 9.17) is 0 Å². The molecule has 3 aromatic heterocycles. The summed E-state index contributed by atoms with van der Waals surface area (Å²) in [6.45, 7) is 2.37. The van der Waals surface area contributed by atoms with Crippen molar-refractivity contribution in [3.63, 3.8) is 0 Å². The van der Waals surface area contributed by atoms with Crippen LogP contribution in [-0.4, -0.2) is 77.7 Å². The fourth-order valence-electron chi connectivity index (χ4n) is 3.56. The van der Waals surface area contributed by atoms with Gasteiger partial charge in [0.05, 0.1) is 13.1 Å². The van der Waals surface area contributed by atoms with Gasteiger partial charge in [-0.2, -0.15) is 9.50 Å². The number of carbonyl (C=O) groups is 1. The zero-order valence-corrected chi connectivity index (χ0v) is 16.4. The number of aryl methyl sites for hydroxylation is 1. The molecule has 3 aromatic rings. The molecule has 0 spiro atoms. The van der Waals surface area contributed by atoms with Crippen molar-refractivity contribution in [1.29, 1.82) is 0 Å². The molecule has 0 aliphatic carbocycles. The zero-order chi connectivity index (χ0) is 21.5. The van der Waals surface area contributed by atoms with Crippen LogP contribution in [0.5, 0.6) is 0 Å². The van der Waals surface area contributed by atoms with Crippen LogP contribution in [0.2, 0.25) is 0 Å². The number of rotatable bonds is 5. The Morgan fingerprint density at radius 3 is 2.77 bits per heavy atom. The van der Waals surface area contributed by atoms with E-state index in [2.05, 4.69) is 25.0 Å². The van der Waals surface area contributed by atoms with Crippen LogP contribution in [0.15, 0.2) is 24.5 Å². The monoisotopic (exact) mass is 418 g/mol. The Balaban J connectivity index is 1.51. The molecule has 1 fully saturated rings. The van der Waals surface area contributed by atoms with Crippen LogP contribution >= 0.6 is 0 Å². The van der Waals surface area contributed by atoms with E-state index in [1.54, 1.807) is 25.4 Å². The molecule has 0 radical (unpaired) electrons. The number of β-amino-alcohol motifs (C(OH)–C–C–N with tert-alkyl or cyclic N) is 1. The van der Waals surface area contributed by atoms with Gasteiger partial charge in [0, 0.05) is 31.7 Å². The van der Waals surface area contributed by atoms with E-state index in [1.807, 2.05) is 4.90 Å². The predicted octanol–water partition coefficient (Wildman–Crippen LogP) is 0.874. The molecule has 10 nitrogen and oxygen atoms in total. The predicted molar refractivity (Wildman–Crippen MR) is 101 cm³/mol. The molecule has 4 heterocycles. The zero-order valence-electron chi connectivity index (χ0n) is 16.4. The molecule has 12 heteroatoms. The van der Waals surface area contributed by atoms with Crippen LogP contribution in [-0.2, 0) is 0 Å². The highest BCUT2D eigenvalue weighted by molar-refractivity contribution is 5.90. The van der Waals surface area contributed by atoms with E-state index >= 15 is 0 Å². The maximum Gasteiger partial charge on any atom is 0.293 e. The second-order valence-electron chi connectivity index (χ2n) is 7.38. The maximum absolute atomic E-state index is 13.3. The first-order chi connectivity index (χ1) is 14.3. The summed E-state index contributed by atoms with van der Waals surface area (Å²) >= 11 is 0. The Morgan fingerprint density at radius 2 is 2.07 bits per heavy atom. The molecule has 0 saturated carbocycles. The average Bonchev–Trinajstić information content (AvgIpc) is 3.31. The first-order valence-electron chi connectivity index (χ1n) is 9.28. The topological polar surface area (TPSA) is 113 Å². The maximum atomic E-state index is 13.3. The van der Waals surface area contributed by atoms with Crippen molar-refractivity contribution in [3.8, 4) is 0 Å². The van der Waals surface area contributed by atoms with E-state index in [9.17, 15) is 18.7 Å². The smallest absolute Gasteiger partial charge is 0.293 e. The van der Waals surface area contributed by atoms with Crippen molar-refractivity contribution in [3.05, 3.63) is 41.7 Å². The minimum Gasteiger partial charge on any atom is -0.386 e. The van der Waals surface area contributed by atoms with Crippen LogP contribution < -0.4 is 4.90 Å². The minimum absolute atomic E-state index is 0.0128. The fraction of sp³-hybridized carbons (Fsp3) is 0.444. The van der Waals surface area contributed by atoms with Crippen LogP contribution in [0.25, 0.3) is 5.78 Å². The van der Waals surface area contributed by atoms with Crippen LogP contribution in [0.1, 0.15) is 34.9 Å². The number of likely N-dealkylation sites (N-methyl/N-ethyl adjacent to an activating group) is 1. The number of amides is 1. The van der Waals surface area contributed by atoms with Gasteiger partial charge in [-0.05, 0) is 25.5 Å². The van der Waals surface area contributed by atoms with Crippen LogP contribution in [0.4, 0.5) is 14.7 Å². The number of halogens is 2. The average molecular weight is 418 g/mol. The van der Waals surface area contributed by atoms with Gasteiger partial charge in [-0.1, -0.05) is 0 Å². The summed E-state index contributed by atoms with van der Waals surface area (Å²) in [4.78, 5) is 32.3. The van der Waals surface area contributed by atoms with Crippen molar-refractivity contribution < 1.29 is 18.7 Å². The molecule has 0 bridgehead atoms. The molecule has 158 valence electrons. The van der Waals surface area contributed by atoms with E-state index in [-0.39, 0.29) is 30.4 Å². The van der Waals surface area contributed by atoms with Crippen molar-refractivity contribution in [1.82, 2.24) is 34.4 Å². The number of aromatic nitrogens is 6. The Hall–Kier alpha value is -3.28. The van der Waals surface area contributed by atoms with E-state index in [0.29, 0.717) is 24.6 Å². The Bertz CT molecular complexity index is 1080. The normalized spacial score (nSPS) is 19.1. The molecule has 1 aliphatic heterocycles. The van der Waals surface area contributed by atoms with Gasteiger partial charge in [-0.15, -0.1) is 5.10 Å². The van der Waals surface area contributed by atoms with Gasteiger partial charge >= 0.3 is 0 Å². The highest BCUT2D eigenvalue weighted by Crippen LogP contribution is 2.25. The number of carbonyl (C=O) groups excluding carboxylic acids is 1. The minimum atomic E-state index is -2.79. The number of anilines is 1. The van der Waals surface area contributed by atoms with Gasteiger partial charge in [-0.3, -0.25) is 4.79 Å². The summed E-state index contributed by atoms with van der Waals surface area (Å²) < 4.78 is 27.4. The standard InChI is InChI=1S/C18H20F2N8O2/c1-11-8-12(13(19)20)28-17(23-11)24-14(25-28)15(29)26(2)9-18(30)4-7-27(10-18)16-21-5-3-6-22-16/h3,5-6,8,13,30H,4,7,9-10H2,1-2H3. The molecule has 4 rings (SSSR count). The van der Waals surface area contributed by atoms with Gasteiger partial charge in [0.25, 0.3) is 18.1 Å². The molecule has 1 aliphatic rings. The number of fused-ring (bicyclic) bond motifs is 1. The molecular formula is C18H20F2N8O2. The second-order valence-corrected chi connectivity index (χ2v) is 7.38. The molecule has 1 N–H and O–H groups in total. The summed E-state index contributed by atoms with van der Waals surface area (Å²) in [6, 6.07) is 2.90. The lowest BCUT2D eigenvalue weighted by Gasteiger charge is -2.28. The second kappa shape index (κ2) is 7.52. The van der Waals surface area contributed by atoms with Crippen molar-refractivity contribution >= 4 is 17.6 Å². The van der Waals surface area contributed by atoms with Gasteiger partial charge < -0.3 is 14.9 Å². The largest absolute Gasteiger partial charge is 0.386 e. The van der Waals surface area contributed by atoms with Gasteiger partial charge in [-0.25, -0.2) is 23.7 Å². The summed E-state index contributed by atoms with van der Waals surface area (Å²) in [5.74, 6) is -0.428. The molecular weight excluding hydrogens is 398 g/mol. The van der Waals surface area contributed by atoms with Crippen molar-refractivity contribution in [2.75, 3.05) is 31.6 Å². The fourth-order valence-corrected chi connectivity index (χ4v) is 3.56. The molecule has 1 atom stereocenters. The SMILES string of the molecule is Cc1cc(C(F)F)n2nc(C(=O)N(C)CC3(O)CCN(c4ncccn4)C3)nc2n1. The third kappa shape index (κ3) is 3.77. The molecule has 1 amide bonds. The number of hydrogen-bond donors (Lipinski definition) is 1. The molecule has 1 saturated heterocycles. The Kier molecular flexibility index (Phi) is 5.02. The van der Waals surface area contributed by atoms with E-state index < -0.39 is 17.9 Å². The molecule has 0 aromatic carbocycles. The van der Waals surface area contributed by atoms with E-state index in [0.717, 1.165) is 4.52 Å². The lowest BCUT2D eigenvalue weighted by Crippen LogP contribution is -2.46. The highest BCUT2D eigenvalue weighted by atomic mass is 19.3. The van der Waals surface area contributed by atoms with Crippen LogP contribution in [0, 0.1) is 6.92 Å². The van der Waals surface area contributed by atoms with E-state index in [1.165, 1.54) is 18.0 Å². The van der Waals surface area contributed by atoms with Gasteiger partial charge in [0.1, 0.15) is 11.3 Å². The molecule has 1 unspecified atom stereocenters.